The predicted molar refractivity (Wildman–Crippen MR) is 109 cm³/mol. The van der Waals surface area contributed by atoms with Gasteiger partial charge in [-0.25, -0.2) is 0 Å². The van der Waals surface area contributed by atoms with Crippen LogP contribution in [0.4, 0.5) is 0 Å². The molecule has 1 aliphatic rings. The highest BCUT2D eigenvalue weighted by molar-refractivity contribution is 5.92. The molecule has 0 spiro atoms. The Hall–Kier alpha value is -3.87. The molecule has 7 heteroatoms. The van der Waals surface area contributed by atoms with Crippen molar-refractivity contribution < 1.29 is 18.8 Å². The normalized spacial score (nSPS) is 13.4. The summed E-state index contributed by atoms with van der Waals surface area (Å²) in [5.74, 6) is 1.74. The number of fused-ring (bicyclic) bond motifs is 2. The van der Waals surface area contributed by atoms with Crippen LogP contribution >= 0.6 is 0 Å². The molecule has 2 aromatic carbocycles. The molecular formula is C23H19N3O4. The first kappa shape index (κ1) is 18.2. The largest absolute Gasteiger partial charge is 0.491 e. The third kappa shape index (κ3) is 3.57. The van der Waals surface area contributed by atoms with Gasteiger partial charge >= 0.3 is 0 Å². The van der Waals surface area contributed by atoms with E-state index in [1.807, 2.05) is 54.6 Å². The van der Waals surface area contributed by atoms with Crippen LogP contribution in [0.5, 0.6) is 11.5 Å². The number of pyridine rings is 1. The number of carbonyl (C=O) groups excluding carboxylic acids is 1. The van der Waals surface area contributed by atoms with Crippen molar-refractivity contribution in [2.75, 3.05) is 13.2 Å². The van der Waals surface area contributed by atoms with Crippen LogP contribution in [-0.2, 0) is 13.2 Å². The molecule has 0 N–H and O–H groups in total. The van der Waals surface area contributed by atoms with Crippen LogP contribution in [0.15, 0.2) is 71.4 Å². The van der Waals surface area contributed by atoms with Crippen LogP contribution in [0.25, 0.3) is 10.9 Å². The highest BCUT2D eigenvalue weighted by Gasteiger charge is 2.23. The third-order valence-electron chi connectivity index (χ3n) is 4.98. The fourth-order valence-electron chi connectivity index (χ4n) is 3.48. The monoisotopic (exact) mass is 401 g/mol. The first-order chi connectivity index (χ1) is 14.8. The third-order valence-corrected chi connectivity index (χ3v) is 4.98. The summed E-state index contributed by atoms with van der Waals surface area (Å²) in [5, 5.41) is 4.94. The molecule has 3 heterocycles. The molecule has 1 aliphatic heterocycles. The Labute approximate surface area is 172 Å². The van der Waals surface area contributed by atoms with Crippen molar-refractivity contribution in [2.24, 2.45) is 0 Å². The summed E-state index contributed by atoms with van der Waals surface area (Å²) in [7, 11) is 0. The molecule has 5 rings (SSSR count). The van der Waals surface area contributed by atoms with Gasteiger partial charge in [0, 0.05) is 29.8 Å². The first-order valence-corrected chi connectivity index (χ1v) is 9.70. The molecule has 0 atom stereocenters. The fourth-order valence-corrected chi connectivity index (χ4v) is 3.48. The van der Waals surface area contributed by atoms with E-state index in [2.05, 4.69) is 10.1 Å². The van der Waals surface area contributed by atoms with Gasteiger partial charge in [0.15, 0.2) is 11.5 Å². The molecule has 4 aromatic rings. The second kappa shape index (κ2) is 7.87. The number of amides is 1. The van der Waals surface area contributed by atoms with Gasteiger partial charge in [-0.05, 0) is 18.2 Å². The van der Waals surface area contributed by atoms with E-state index in [9.17, 15) is 4.79 Å². The van der Waals surface area contributed by atoms with Gasteiger partial charge < -0.3 is 18.9 Å². The molecule has 2 aromatic heterocycles. The molecule has 0 aliphatic carbocycles. The van der Waals surface area contributed by atoms with E-state index in [-0.39, 0.29) is 18.2 Å². The van der Waals surface area contributed by atoms with Crippen LogP contribution in [0.2, 0.25) is 0 Å². The van der Waals surface area contributed by atoms with Gasteiger partial charge in [-0.15, -0.1) is 0 Å². The van der Waals surface area contributed by atoms with E-state index in [0.717, 1.165) is 22.2 Å². The molecule has 150 valence electrons. The standard InChI is InChI=1S/C23H19N3O4/c27-23(26-11-12-28-20-8-2-1-5-17(20)14-26)19-13-18(30-25-19)15-29-21-9-3-6-16-7-4-10-24-22(16)21/h1-10,13H,11-12,14-15H2. The summed E-state index contributed by atoms with van der Waals surface area (Å²) in [6, 6.07) is 19.0. The second-order valence-corrected chi connectivity index (χ2v) is 6.98. The van der Waals surface area contributed by atoms with Gasteiger partial charge in [0.2, 0.25) is 0 Å². The summed E-state index contributed by atoms with van der Waals surface area (Å²) in [6.45, 7) is 1.54. The van der Waals surface area contributed by atoms with Crippen molar-refractivity contribution in [1.82, 2.24) is 15.0 Å². The molecule has 0 fully saturated rings. The molecule has 0 bridgehead atoms. The number of nitrogens with zero attached hydrogens (tertiary/aromatic N) is 3. The summed E-state index contributed by atoms with van der Waals surface area (Å²) in [6.07, 6.45) is 1.73. The zero-order valence-corrected chi connectivity index (χ0v) is 16.2. The number of hydrogen-bond acceptors (Lipinski definition) is 6. The molecule has 0 saturated carbocycles. The average Bonchev–Trinajstić information content (AvgIpc) is 3.15. The lowest BCUT2D eigenvalue weighted by Crippen LogP contribution is -2.32. The van der Waals surface area contributed by atoms with Crippen LogP contribution in [0, 0.1) is 0 Å². The number of benzene rings is 2. The number of ether oxygens (including phenoxy) is 2. The quantitative estimate of drug-likeness (QED) is 0.517. The van der Waals surface area contributed by atoms with E-state index in [4.69, 9.17) is 14.0 Å². The average molecular weight is 401 g/mol. The van der Waals surface area contributed by atoms with Gasteiger partial charge in [-0.3, -0.25) is 9.78 Å². The SMILES string of the molecule is O=C(c1cc(COc2cccc3cccnc23)on1)N1CCOc2ccccc2C1. The van der Waals surface area contributed by atoms with E-state index >= 15 is 0 Å². The topological polar surface area (TPSA) is 77.7 Å². The van der Waals surface area contributed by atoms with E-state index in [0.29, 0.717) is 31.2 Å². The van der Waals surface area contributed by atoms with E-state index < -0.39 is 0 Å². The lowest BCUT2D eigenvalue weighted by Gasteiger charge is -2.18. The number of carbonyl (C=O) groups is 1. The minimum absolute atomic E-state index is 0.155. The van der Waals surface area contributed by atoms with Crippen molar-refractivity contribution in [3.8, 4) is 11.5 Å². The molecule has 0 saturated heterocycles. The molecule has 0 unspecified atom stereocenters. The number of para-hydroxylation sites is 2. The molecule has 30 heavy (non-hydrogen) atoms. The van der Waals surface area contributed by atoms with Crippen molar-refractivity contribution in [1.29, 1.82) is 0 Å². The molecule has 7 nitrogen and oxygen atoms in total. The predicted octanol–water partition coefficient (Wildman–Crippen LogP) is 3.84. The van der Waals surface area contributed by atoms with Crippen LogP contribution in [0.3, 0.4) is 0 Å². The highest BCUT2D eigenvalue weighted by atomic mass is 16.5. The minimum Gasteiger partial charge on any atom is -0.491 e. The summed E-state index contributed by atoms with van der Waals surface area (Å²) in [5.41, 5.74) is 2.00. The Morgan fingerprint density at radius 1 is 1.10 bits per heavy atom. The van der Waals surface area contributed by atoms with Crippen LogP contribution < -0.4 is 9.47 Å². The second-order valence-electron chi connectivity index (χ2n) is 6.98. The van der Waals surface area contributed by atoms with E-state index in [1.165, 1.54) is 0 Å². The Bertz CT molecular complexity index is 1200. The van der Waals surface area contributed by atoms with Gasteiger partial charge in [-0.2, -0.15) is 0 Å². The van der Waals surface area contributed by atoms with E-state index in [1.54, 1.807) is 17.2 Å². The Morgan fingerprint density at radius 2 is 2.00 bits per heavy atom. The van der Waals surface area contributed by atoms with Gasteiger partial charge in [0.25, 0.3) is 5.91 Å². The fraction of sp³-hybridized carbons (Fsp3) is 0.174. The smallest absolute Gasteiger partial charge is 0.276 e. The number of aromatic nitrogens is 2. The Balaban J connectivity index is 1.29. The maximum Gasteiger partial charge on any atom is 0.276 e. The Morgan fingerprint density at radius 3 is 2.97 bits per heavy atom. The summed E-state index contributed by atoms with van der Waals surface area (Å²) >= 11 is 0. The zero-order valence-electron chi connectivity index (χ0n) is 16.2. The maximum absolute atomic E-state index is 12.9. The zero-order chi connectivity index (χ0) is 20.3. The van der Waals surface area contributed by atoms with Crippen LogP contribution in [0.1, 0.15) is 21.8 Å². The summed E-state index contributed by atoms with van der Waals surface area (Å²) in [4.78, 5) is 19.0. The molecular weight excluding hydrogens is 382 g/mol. The van der Waals surface area contributed by atoms with Gasteiger partial charge in [0.05, 0.1) is 6.54 Å². The van der Waals surface area contributed by atoms with Crippen molar-refractivity contribution >= 4 is 16.8 Å². The van der Waals surface area contributed by atoms with Crippen LogP contribution in [-0.4, -0.2) is 34.1 Å². The summed E-state index contributed by atoms with van der Waals surface area (Å²) < 4.78 is 16.9. The highest BCUT2D eigenvalue weighted by Crippen LogP contribution is 2.25. The first-order valence-electron chi connectivity index (χ1n) is 9.70. The molecule has 0 radical (unpaired) electrons. The van der Waals surface area contributed by atoms with Crippen molar-refractivity contribution in [2.45, 2.75) is 13.2 Å². The molecule has 1 amide bonds. The minimum atomic E-state index is -0.197. The lowest BCUT2D eigenvalue weighted by molar-refractivity contribution is 0.0722. The Kier molecular flexibility index (Phi) is 4.77. The van der Waals surface area contributed by atoms with Gasteiger partial charge in [-0.1, -0.05) is 41.6 Å². The number of rotatable bonds is 4. The van der Waals surface area contributed by atoms with Gasteiger partial charge in [0.1, 0.15) is 30.2 Å². The lowest BCUT2D eigenvalue weighted by atomic mass is 10.2. The van der Waals surface area contributed by atoms with Crippen molar-refractivity contribution in [3.63, 3.8) is 0 Å². The maximum atomic E-state index is 12.9. The number of hydrogen-bond donors (Lipinski definition) is 0. The van der Waals surface area contributed by atoms with Crippen molar-refractivity contribution in [3.05, 3.63) is 83.9 Å².